The van der Waals surface area contributed by atoms with Crippen LogP contribution in [0.15, 0.2) is 121 Å². The molecule has 0 saturated heterocycles. The summed E-state index contributed by atoms with van der Waals surface area (Å²) in [6.45, 7) is 0. The van der Waals surface area contributed by atoms with Crippen LogP contribution >= 0.6 is 0 Å². The van der Waals surface area contributed by atoms with E-state index in [1.165, 1.54) is 11.1 Å². The van der Waals surface area contributed by atoms with Gasteiger partial charge < -0.3 is 20.4 Å². The maximum Gasteiger partial charge on any atom is 0.115 e. The fourth-order valence-corrected chi connectivity index (χ4v) is 6.08. The van der Waals surface area contributed by atoms with Crippen LogP contribution in [0.25, 0.3) is 55.6 Å². The molecule has 0 spiro atoms. The lowest BCUT2D eigenvalue weighted by Gasteiger charge is -2.26. The number of benzene rings is 6. The second-order valence-corrected chi connectivity index (χ2v) is 10.4. The summed E-state index contributed by atoms with van der Waals surface area (Å²) < 4.78 is 0. The van der Waals surface area contributed by atoms with Gasteiger partial charge in [0.05, 0.1) is 0 Å². The second-order valence-electron chi connectivity index (χ2n) is 10.4. The Kier molecular flexibility index (Phi) is 5.76. The van der Waals surface area contributed by atoms with E-state index in [4.69, 9.17) is 0 Å². The number of phenols is 4. The van der Waals surface area contributed by atoms with Gasteiger partial charge in [0.15, 0.2) is 0 Å². The molecule has 1 aliphatic rings. The molecule has 0 amide bonds. The average Bonchev–Trinajstić information content (AvgIpc) is 3.37. The van der Waals surface area contributed by atoms with Gasteiger partial charge in [0.2, 0.25) is 0 Å². The highest BCUT2D eigenvalue weighted by Gasteiger charge is 2.32. The summed E-state index contributed by atoms with van der Waals surface area (Å²) >= 11 is 0. The molecule has 0 fully saturated rings. The number of hydrogen-bond donors (Lipinski definition) is 4. The molecule has 0 bridgehead atoms. The smallest absolute Gasteiger partial charge is 0.115 e. The summed E-state index contributed by atoms with van der Waals surface area (Å²) in [6, 6.07) is 37.5. The summed E-state index contributed by atoms with van der Waals surface area (Å²) in [5.41, 5.74) is 12.5. The van der Waals surface area contributed by atoms with E-state index < -0.39 is 0 Å². The van der Waals surface area contributed by atoms with Gasteiger partial charge >= 0.3 is 0 Å². The summed E-state index contributed by atoms with van der Waals surface area (Å²) in [4.78, 5) is 0. The standard InChI is InChI=1S/C37H26O4/c38-27-13-5-22(6-14-27)33-32-21-26-3-1-2-4-31(26)37(32)36(25-11-19-30(41)20-12-25)35(24-9-17-29(40)18-10-24)34(33)23-7-15-28(39)16-8-23/h1-20,38-41H,21H2. The Balaban J connectivity index is 1.72. The van der Waals surface area contributed by atoms with Crippen molar-refractivity contribution in [2.45, 2.75) is 6.42 Å². The first-order valence-corrected chi connectivity index (χ1v) is 13.5. The van der Waals surface area contributed by atoms with E-state index in [1.807, 2.05) is 48.5 Å². The minimum atomic E-state index is 0.177. The van der Waals surface area contributed by atoms with Crippen LogP contribution in [-0.2, 0) is 6.42 Å². The summed E-state index contributed by atoms with van der Waals surface area (Å²) in [7, 11) is 0. The minimum Gasteiger partial charge on any atom is -0.508 e. The number of hydrogen-bond acceptors (Lipinski definition) is 4. The largest absolute Gasteiger partial charge is 0.508 e. The fourth-order valence-electron chi connectivity index (χ4n) is 6.08. The lowest BCUT2D eigenvalue weighted by molar-refractivity contribution is 0.475. The van der Waals surface area contributed by atoms with Gasteiger partial charge in [-0.2, -0.15) is 0 Å². The minimum absolute atomic E-state index is 0.177. The third-order valence-corrected chi connectivity index (χ3v) is 7.88. The van der Waals surface area contributed by atoms with Crippen molar-refractivity contribution in [3.8, 4) is 78.6 Å². The van der Waals surface area contributed by atoms with Crippen molar-refractivity contribution in [1.29, 1.82) is 0 Å². The van der Waals surface area contributed by atoms with Gasteiger partial charge in [0.1, 0.15) is 23.0 Å². The number of fused-ring (bicyclic) bond motifs is 3. The molecule has 0 aliphatic heterocycles. The first-order chi connectivity index (χ1) is 20.0. The van der Waals surface area contributed by atoms with Crippen LogP contribution in [0.3, 0.4) is 0 Å². The number of aromatic hydroxyl groups is 4. The van der Waals surface area contributed by atoms with Crippen LogP contribution in [0.2, 0.25) is 0 Å². The Bertz CT molecular complexity index is 1900. The molecule has 1 aliphatic carbocycles. The topological polar surface area (TPSA) is 80.9 Å². The van der Waals surface area contributed by atoms with E-state index in [-0.39, 0.29) is 23.0 Å². The first-order valence-electron chi connectivity index (χ1n) is 13.5. The van der Waals surface area contributed by atoms with Crippen LogP contribution in [0.1, 0.15) is 11.1 Å². The quantitative estimate of drug-likeness (QED) is 0.182. The van der Waals surface area contributed by atoms with Gasteiger partial charge in [0.25, 0.3) is 0 Å². The Morgan fingerprint density at radius 1 is 0.341 bits per heavy atom. The first kappa shape index (κ1) is 24.6. The predicted molar refractivity (Wildman–Crippen MR) is 163 cm³/mol. The predicted octanol–water partition coefficient (Wildman–Crippen LogP) is 8.75. The Morgan fingerprint density at radius 3 is 1.12 bits per heavy atom. The third kappa shape index (κ3) is 4.17. The molecule has 0 heterocycles. The highest BCUT2D eigenvalue weighted by molar-refractivity contribution is 6.11. The van der Waals surface area contributed by atoms with Crippen molar-refractivity contribution in [3.05, 3.63) is 132 Å². The molecule has 6 aromatic carbocycles. The molecule has 198 valence electrons. The molecule has 0 unspecified atom stereocenters. The molecule has 7 rings (SSSR count). The molecule has 41 heavy (non-hydrogen) atoms. The van der Waals surface area contributed by atoms with Gasteiger partial charge in [-0.25, -0.2) is 0 Å². The van der Waals surface area contributed by atoms with E-state index in [1.54, 1.807) is 48.5 Å². The molecule has 0 saturated carbocycles. The summed E-state index contributed by atoms with van der Waals surface area (Å²) in [5.74, 6) is 0.741. The lowest BCUT2D eigenvalue weighted by atomic mass is 9.77. The van der Waals surface area contributed by atoms with Crippen LogP contribution < -0.4 is 0 Å². The average molecular weight is 535 g/mol. The summed E-state index contributed by atoms with van der Waals surface area (Å²) in [6.07, 6.45) is 0.730. The van der Waals surface area contributed by atoms with Crippen molar-refractivity contribution >= 4 is 0 Å². The number of phenolic OH excluding ortho intramolecular Hbond substituents is 4. The zero-order chi connectivity index (χ0) is 28.1. The lowest BCUT2D eigenvalue weighted by Crippen LogP contribution is -2.00. The fraction of sp³-hybridized carbons (Fsp3) is 0.0270. The molecule has 4 nitrogen and oxygen atoms in total. The SMILES string of the molecule is Oc1ccc(-c2c3c(c(-c4ccc(O)cc4)c(-c4ccc(O)cc4)c2-c2ccc(O)cc2)-c2ccccc2C3)cc1. The van der Waals surface area contributed by atoms with E-state index in [0.29, 0.717) is 0 Å². The maximum atomic E-state index is 10.2. The molecule has 4 heteroatoms. The molecular formula is C37H26O4. The van der Waals surface area contributed by atoms with Crippen molar-refractivity contribution in [2.75, 3.05) is 0 Å². The normalized spacial score (nSPS) is 11.7. The van der Waals surface area contributed by atoms with Crippen molar-refractivity contribution < 1.29 is 20.4 Å². The Hall–Kier alpha value is -5.48. The number of rotatable bonds is 4. The summed E-state index contributed by atoms with van der Waals surface area (Å²) in [5, 5.41) is 40.7. The van der Waals surface area contributed by atoms with E-state index in [2.05, 4.69) is 24.3 Å². The van der Waals surface area contributed by atoms with Gasteiger partial charge in [-0.3, -0.25) is 0 Å². The Morgan fingerprint density at radius 2 is 0.683 bits per heavy atom. The second kappa shape index (κ2) is 9.61. The molecular weight excluding hydrogens is 508 g/mol. The van der Waals surface area contributed by atoms with Gasteiger partial charge in [-0.15, -0.1) is 0 Å². The monoisotopic (exact) mass is 534 g/mol. The molecule has 6 aromatic rings. The molecule has 0 atom stereocenters. The van der Waals surface area contributed by atoms with E-state index >= 15 is 0 Å². The molecule has 4 N–H and O–H groups in total. The van der Waals surface area contributed by atoms with Crippen molar-refractivity contribution in [2.24, 2.45) is 0 Å². The van der Waals surface area contributed by atoms with Crippen LogP contribution in [-0.4, -0.2) is 20.4 Å². The van der Waals surface area contributed by atoms with Crippen molar-refractivity contribution in [3.63, 3.8) is 0 Å². The maximum absolute atomic E-state index is 10.2. The zero-order valence-electron chi connectivity index (χ0n) is 22.0. The molecule has 0 aromatic heterocycles. The molecule has 0 radical (unpaired) electrons. The Labute approximate surface area is 237 Å². The third-order valence-electron chi connectivity index (χ3n) is 7.88. The van der Waals surface area contributed by atoms with Crippen LogP contribution in [0, 0.1) is 0 Å². The van der Waals surface area contributed by atoms with Gasteiger partial charge in [-0.05, 0) is 122 Å². The van der Waals surface area contributed by atoms with Crippen LogP contribution in [0.5, 0.6) is 23.0 Å². The van der Waals surface area contributed by atoms with Crippen LogP contribution in [0.4, 0.5) is 0 Å². The highest BCUT2D eigenvalue weighted by Crippen LogP contribution is 2.56. The van der Waals surface area contributed by atoms with Gasteiger partial charge in [0, 0.05) is 0 Å². The highest BCUT2D eigenvalue weighted by atomic mass is 16.3. The zero-order valence-corrected chi connectivity index (χ0v) is 22.0. The van der Waals surface area contributed by atoms with Gasteiger partial charge in [-0.1, -0.05) is 72.8 Å². The van der Waals surface area contributed by atoms with E-state index in [9.17, 15) is 20.4 Å². The van der Waals surface area contributed by atoms with E-state index in [0.717, 1.165) is 62.1 Å². The van der Waals surface area contributed by atoms with Crippen molar-refractivity contribution in [1.82, 2.24) is 0 Å².